The maximum absolute atomic E-state index is 11.0. The van der Waals surface area contributed by atoms with E-state index in [1.54, 1.807) is 18.2 Å². The number of ether oxygens (including phenoxy) is 1. The summed E-state index contributed by atoms with van der Waals surface area (Å²) in [5.41, 5.74) is 12.3. The summed E-state index contributed by atoms with van der Waals surface area (Å²) < 4.78 is 5.81. The van der Waals surface area contributed by atoms with Crippen LogP contribution < -0.4 is 16.2 Å². The van der Waals surface area contributed by atoms with E-state index in [1.807, 2.05) is 24.3 Å². The summed E-state index contributed by atoms with van der Waals surface area (Å²) in [4.78, 5) is 19.0. The SMILES string of the molecule is NC(=O)Cc1cc(Oc2ccc(N)c3ccccc23)ncn1. The van der Waals surface area contributed by atoms with Gasteiger partial charge in [0.15, 0.2) is 0 Å². The van der Waals surface area contributed by atoms with Crippen LogP contribution in [0.5, 0.6) is 11.6 Å². The average Bonchev–Trinajstić information content (AvgIpc) is 2.50. The summed E-state index contributed by atoms with van der Waals surface area (Å²) in [7, 11) is 0. The Bertz CT molecular complexity index is 848. The first kappa shape index (κ1) is 13.8. The number of fused-ring (bicyclic) bond motifs is 1. The largest absolute Gasteiger partial charge is 0.438 e. The minimum Gasteiger partial charge on any atom is -0.438 e. The van der Waals surface area contributed by atoms with E-state index in [9.17, 15) is 4.79 Å². The zero-order chi connectivity index (χ0) is 15.5. The lowest BCUT2D eigenvalue weighted by atomic mass is 10.1. The topological polar surface area (TPSA) is 104 Å². The van der Waals surface area contributed by atoms with E-state index < -0.39 is 5.91 Å². The molecule has 0 aliphatic heterocycles. The van der Waals surface area contributed by atoms with Gasteiger partial charge in [0.05, 0.1) is 12.1 Å². The molecule has 0 spiro atoms. The van der Waals surface area contributed by atoms with Gasteiger partial charge >= 0.3 is 0 Å². The number of nitrogens with two attached hydrogens (primary N) is 2. The zero-order valence-electron chi connectivity index (χ0n) is 11.7. The van der Waals surface area contributed by atoms with Crippen molar-refractivity contribution in [2.24, 2.45) is 5.73 Å². The minimum absolute atomic E-state index is 0.0430. The average molecular weight is 294 g/mol. The number of hydrogen-bond acceptors (Lipinski definition) is 5. The van der Waals surface area contributed by atoms with Crippen LogP contribution in [0.4, 0.5) is 5.69 Å². The van der Waals surface area contributed by atoms with Crippen molar-refractivity contribution in [1.29, 1.82) is 0 Å². The lowest BCUT2D eigenvalue weighted by molar-refractivity contribution is -0.117. The third-order valence-corrected chi connectivity index (χ3v) is 3.19. The van der Waals surface area contributed by atoms with Crippen LogP contribution in [0, 0.1) is 0 Å². The van der Waals surface area contributed by atoms with Gasteiger partial charge in [0.1, 0.15) is 12.1 Å². The van der Waals surface area contributed by atoms with Crippen LogP contribution in [0.15, 0.2) is 48.8 Å². The Balaban J connectivity index is 1.97. The number of nitrogen functional groups attached to an aromatic ring is 1. The van der Waals surface area contributed by atoms with Crippen molar-refractivity contribution in [1.82, 2.24) is 9.97 Å². The molecule has 0 aliphatic carbocycles. The molecule has 0 saturated carbocycles. The Kier molecular flexibility index (Phi) is 3.57. The van der Waals surface area contributed by atoms with Crippen LogP contribution in [-0.4, -0.2) is 15.9 Å². The number of primary amides is 1. The number of rotatable bonds is 4. The Hall–Kier alpha value is -3.15. The minimum atomic E-state index is -0.456. The molecule has 0 saturated heterocycles. The van der Waals surface area contributed by atoms with Crippen molar-refractivity contribution in [3.63, 3.8) is 0 Å². The maximum Gasteiger partial charge on any atom is 0.223 e. The second-order valence-electron chi connectivity index (χ2n) is 4.79. The molecule has 4 N–H and O–H groups in total. The second-order valence-corrected chi connectivity index (χ2v) is 4.79. The third-order valence-electron chi connectivity index (χ3n) is 3.19. The van der Waals surface area contributed by atoms with Gasteiger partial charge < -0.3 is 16.2 Å². The van der Waals surface area contributed by atoms with E-state index in [4.69, 9.17) is 16.2 Å². The molecule has 2 aromatic carbocycles. The molecular formula is C16H14N4O2. The molecule has 0 aliphatic rings. The maximum atomic E-state index is 11.0. The van der Waals surface area contributed by atoms with Crippen molar-refractivity contribution >= 4 is 22.4 Å². The van der Waals surface area contributed by atoms with Crippen LogP contribution in [-0.2, 0) is 11.2 Å². The molecule has 1 heterocycles. The first-order valence-electron chi connectivity index (χ1n) is 6.68. The number of anilines is 1. The highest BCUT2D eigenvalue weighted by Gasteiger charge is 2.08. The van der Waals surface area contributed by atoms with Crippen molar-refractivity contribution in [2.45, 2.75) is 6.42 Å². The van der Waals surface area contributed by atoms with Gasteiger partial charge in [-0.1, -0.05) is 24.3 Å². The summed E-state index contributed by atoms with van der Waals surface area (Å²) in [5, 5.41) is 1.80. The number of aromatic nitrogens is 2. The molecular weight excluding hydrogens is 280 g/mol. The van der Waals surface area contributed by atoms with Crippen molar-refractivity contribution in [2.75, 3.05) is 5.73 Å². The molecule has 110 valence electrons. The zero-order valence-corrected chi connectivity index (χ0v) is 11.7. The molecule has 1 aromatic heterocycles. The fourth-order valence-electron chi connectivity index (χ4n) is 2.20. The van der Waals surface area contributed by atoms with Crippen molar-refractivity contribution < 1.29 is 9.53 Å². The molecule has 6 heteroatoms. The van der Waals surface area contributed by atoms with Gasteiger partial charge in [-0.15, -0.1) is 0 Å². The van der Waals surface area contributed by atoms with Gasteiger partial charge in [-0.25, -0.2) is 9.97 Å². The van der Waals surface area contributed by atoms with Crippen LogP contribution >= 0.6 is 0 Å². The highest BCUT2D eigenvalue weighted by atomic mass is 16.5. The van der Waals surface area contributed by atoms with Gasteiger partial charge in [-0.05, 0) is 12.1 Å². The van der Waals surface area contributed by atoms with Crippen LogP contribution in [0.1, 0.15) is 5.69 Å². The number of carbonyl (C=O) groups excluding carboxylic acids is 1. The lowest BCUT2D eigenvalue weighted by Crippen LogP contribution is -2.14. The van der Waals surface area contributed by atoms with Crippen LogP contribution in [0.2, 0.25) is 0 Å². The Labute approximate surface area is 126 Å². The molecule has 0 bridgehead atoms. The molecule has 3 aromatic rings. The monoisotopic (exact) mass is 294 g/mol. The molecule has 0 radical (unpaired) electrons. The molecule has 0 fully saturated rings. The summed E-state index contributed by atoms with van der Waals surface area (Å²) >= 11 is 0. The van der Waals surface area contributed by atoms with Gasteiger partial charge in [0.2, 0.25) is 11.8 Å². The number of nitrogens with zero attached hydrogens (tertiary/aromatic N) is 2. The second kappa shape index (κ2) is 5.69. The van der Waals surface area contributed by atoms with Crippen LogP contribution in [0.3, 0.4) is 0 Å². The van der Waals surface area contributed by atoms with E-state index in [1.165, 1.54) is 6.33 Å². The number of carbonyl (C=O) groups is 1. The van der Waals surface area contributed by atoms with Crippen molar-refractivity contribution in [3.05, 3.63) is 54.5 Å². The quantitative estimate of drug-likeness (QED) is 0.716. The number of amides is 1. The fraction of sp³-hybridized carbons (Fsp3) is 0.0625. The molecule has 1 amide bonds. The van der Waals surface area contributed by atoms with Crippen molar-refractivity contribution in [3.8, 4) is 11.6 Å². The first-order chi connectivity index (χ1) is 10.6. The highest BCUT2D eigenvalue weighted by molar-refractivity contribution is 5.97. The molecule has 0 atom stereocenters. The predicted molar refractivity (Wildman–Crippen MR) is 83.4 cm³/mol. The fourth-order valence-corrected chi connectivity index (χ4v) is 2.20. The highest BCUT2D eigenvalue weighted by Crippen LogP contribution is 2.32. The smallest absolute Gasteiger partial charge is 0.223 e. The number of hydrogen-bond donors (Lipinski definition) is 2. The third kappa shape index (κ3) is 2.80. The number of benzene rings is 2. The first-order valence-corrected chi connectivity index (χ1v) is 6.68. The molecule has 22 heavy (non-hydrogen) atoms. The molecule has 0 unspecified atom stereocenters. The van der Waals surface area contributed by atoms with E-state index in [-0.39, 0.29) is 6.42 Å². The van der Waals surface area contributed by atoms with E-state index in [0.717, 1.165) is 10.8 Å². The normalized spacial score (nSPS) is 10.5. The Morgan fingerprint density at radius 3 is 2.64 bits per heavy atom. The molecule has 3 rings (SSSR count). The Morgan fingerprint density at radius 2 is 1.86 bits per heavy atom. The summed E-state index contributed by atoms with van der Waals surface area (Å²) in [6.45, 7) is 0. The van der Waals surface area contributed by atoms with E-state index >= 15 is 0 Å². The van der Waals surface area contributed by atoms with Gasteiger partial charge in [0.25, 0.3) is 0 Å². The van der Waals surface area contributed by atoms with Crippen LogP contribution in [0.25, 0.3) is 10.8 Å². The lowest BCUT2D eigenvalue weighted by Gasteiger charge is -2.10. The summed E-state index contributed by atoms with van der Waals surface area (Å²) in [5.74, 6) is 0.525. The van der Waals surface area contributed by atoms with E-state index in [2.05, 4.69) is 9.97 Å². The standard InChI is InChI=1S/C16H14N4O2/c17-13-5-6-14(12-4-2-1-3-11(12)13)22-16-8-10(7-15(18)21)19-9-20-16/h1-6,8-9H,7,17H2,(H2,18,21). The predicted octanol–water partition coefficient (Wildman–Crippen LogP) is 2.03. The van der Waals surface area contributed by atoms with Gasteiger partial charge in [-0.3, -0.25) is 4.79 Å². The van der Waals surface area contributed by atoms with E-state index in [0.29, 0.717) is 23.0 Å². The van der Waals surface area contributed by atoms with Gasteiger partial charge in [-0.2, -0.15) is 0 Å². The summed E-state index contributed by atoms with van der Waals surface area (Å²) in [6.07, 6.45) is 1.38. The summed E-state index contributed by atoms with van der Waals surface area (Å²) in [6, 6.07) is 12.8. The Morgan fingerprint density at radius 1 is 1.09 bits per heavy atom. The molecule has 6 nitrogen and oxygen atoms in total. The van der Waals surface area contributed by atoms with Gasteiger partial charge in [0, 0.05) is 22.5 Å².